The third kappa shape index (κ3) is 1.88. The van der Waals surface area contributed by atoms with Crippen LogP contribution in [0.4, 0.5) is 18.3 Å². The number of hydrogen-bond donors (Lipinski definition) is 2. The zero-order valence-electron chi connectivity index (χ0n) is 7.17. The normalized spacial score (nSPS) is 12.0. The molecule has 80 valence electrons. The maximum atomic E-state index is 12.3. The number of anilines is 1. The summed E-state index contributed by atoms with van der Waals surface area (Å²) in [4.78, 5) is 3.84. The van der Waals surface area contributed by atoms with E-state index in [1.165, 1.54) is 6.07 Å². The van der Waals surface area contributed by atoms with Crippen molar-refractivity contribution in [1.82, 2.24) is 4.98 Å². The van der Waals surface area contributed by atoms with Gasteiger partial charge in [0.1, 0.15) is 0 Å². The molecule has 2 aromatic rings. The molecule has 0 saturated carbocycles. The van der Waals surface area contributed by atoms with Gasteiger partial charge in [0.2, 0.25) is 5.13 Å². The maximum absolute atomic E-state index is 12.3. The van der Waals surface area contributed by atoms with Crippen molar-refractivity contribution in [1.29, 1.82) is 0 Å². The first-order chi connectivity index (χ1) is 7.00. The minimum atomic E-state index is -4.36. The number of nitrogens with one attached hydrogen (secondary N) is 1. The minimum Gasteiger partial charge on any atom is -0.289 e. The Hall–Kier alpha value is -1.34. The molecule has 0 aliphatic rings. The van der Waals surface area contributed by atoms with Gasteiger partial charge in [-0.15, -0.1) is 0 Å². The van der Waals surface area contributed by atoms with Gasteiger partial charge >= 0.3 is 6.18 Å². The van der Waals surface area contributed by atoms with Gasteiger partial charge in [0, 0.05) is 0 Å². The number of benzene rings is 1. The standard InChI is InChI=1S/C8H5F3N2OS/c9-8(10,11)4-1-2-5-6(3-4)15-7(12-5)13-14/h1-3,14H,(H,12,13). The van der Waals surface area contributed by atoms with Crippen molar-refractivity contribution in [3.05, 3.63) is 23.8 Å². The molecule has 1 heterocycles. The predicted octanol–water partition coefficient (Wildman–Crippen LogP) is 3.12. The third-order valence-corrected chi connectivity index (χ3v) is 2.73. The summed E-state index contributed by atoms with van der Waals surface area (Å²) in [5, 5.41) is 8.71. The quantitative estimate of drug-likeness (QED) is 0.745. The maximum Gasteiger partial charge on any atom is 0.416 e. The second-order valence-electron chi connectivity index (χ2n) is 2.81. The number of aromatic nitrogens is 1. The summed E-state index contributed by atoms with van der Waals surface area (Å²) >= 11 is 0.955. The van der Waals surface area contributed by atoms with Crippen molar-refractivity contribution < 1.29 is 18.4 Å². The van der Waals surface area contributed by atoms with Crippen molar-refractivity contribution in [2.75, 3.05) is 5.48 Å². The van der Waals surface area contributed by atoms with Crippen LogP contribution in [-0.4, -0.2) is 10.2 Å². The van der Waals surface area contributed by atoms with Crippen LogP contribution < -0.4 is 5.48 Å². The molecule has 0 fully saturated rings. The van der Waals surface area contributed by atoms with E-state index < -0.39 is 11.7 Å². The summed E-state index contributed by atoms with van der Waals surface area (Å²) in [5.74, 6) is 0. The highest BCUT2D eigenvalue weighted by Crippen LogP contribution is 2.34. The first-order valence-electron chi connectivity index (χ1n) is 3.88. The van der Waals surface area contributed by atoms with Crippen LogP contribution in [0.3, 0.4) is 0 Å². The largest absolute Gasteiger partial charge is 0.416 e. The van der Waals surface area contributed by atoms with E-state index in [9.17, 15) is 13.2 Å². The Balaban J connectivity index is 2.55. The van der Waals surface area contributed by atoms with Crippen LogP contribution in [-0.2, 0) is 6.18 Å². The highest BCUT2D eigenvalue weighted by atomic mass is 32.1. The second kappa shape index (κ2) is 3.35. The molecule has 0 atom stereocenters. The van der Waals surface area contributed by atoms with Crippen molar-refractivity contribution in [2.45, 2.75) is 6.18 Å². The zero-order chi connectivity index (χ0) is 11.1. The van der Waals surface area contributed by atoms with Crippen LogP contribution in [0.25, 0.3) is 10.2 Å². The second-order valence-corrected chi connectivity index (χ2v) is 3.84. The molecule has 0 saturated heterocycles. The van der Waals surface area contributed by atoms with Gasteiger partial charge < -0.3 is 0 Å². The smallest absolute Gasteiger partial charge is 0.289 e. The number of rotatable bonds is 1. The van der Waals surface area contributed by atoms with Crippen LogP contribution in [0, 0.1) is 0 Å². The molecule has 0 unspecified atom stereocenters. The van der Waals surface area contributed by atoms with Gasteiger partial charge in [-0.3, -0.25) is 5.21 Å². The Kier molecular flexibility index (Phi) is 2.28. The van der Waals surface area contributed by atoms with Crippen molar-refractivity contribution in [3.8, 4) is 0 Å². The third-order valence-electron chi connectivity index (χ3n) is 1.81. The van der Waals surface area contributed by atoms with E-state index in [2.05, 4.69) is 4.98 Å². The number of alkyl halides is 3. The summed E-state index contributed by atoms with van der Waals surface area (Å²) in [6.45, 7) is 0. The van der Waals surface area contributed by atoms with Gasteiger partial charge in [0.25, 0.3) is 0 Å². The van der Waals surface area contributed by atoms with Gasteiger partial charge in [-0.2, -0.15) is 13.2 Å². The van der Waals surface area contributed by atoms with E-state index in [-0.39, 0.29) is 5.13 Å². The summed E-state index contributed by atoms with van der Waals surface area (Å²) in [6.07, 6.45) is -4.36. The molecular formula is C8H5F3N2OS. The minimum absolute atomic E-state index is 0.171. The molecule has 0 radical (unpaired) electrons. The Morgan fingerprint density at radius 3 is 2.67 bits per heavy atom. The highest BCUT2D eigenvalue weighted by molar-refractivity contribution is 7.22. The summed E-state index contributed by atoms with van der Waals surface area (Å²) in [7, 11) is 0. The number of nitrogens with zero attached hydrogens (tertiary/aromatic N) is 1. The van der Waals surface area contributed by atoms with Gasteiger partial charge in [-0.1, -0.05) is 11.3 Å². The van der Waals surface area contributed by atoms with Crippen LogP contribution in [0.1, 0.15) is 5.56 Å². The predicted molar refractivity (Wildman–Crippen MR) is 50.0 cm³/mol. The van der Waals surface area contributed by atoms with Crippen LogP contribution in [0.15, 0.2) is 18.2 Å². The Morgan fingerprint density at radius 1 is 1.33 bits per heavy atom. The lowest BCUT2D eigenvalue weighted by Gasteiger charge is -2.04. The molecule has 0 spiro atoms. The molecule has 0 amide bonds. The molecule has 3 nitrogen and oxygen atoms in total. The molecule has 7 heteroatoms. The van der Waals surface area contributed by atoms with E-state index in [1.807, 2.05) is 0 Å². The SMILES string of the molecule is ONc1nc2ccc(C(F)(F)F)cc2s1. The lowest BCUT2D eigenvalue weighted by molar-refractivity contribution is -0.137. The topological polar surface area (TPSA) is 45.1 Å². The molecule has 15 heavy (non-hydrogen) atoms. The van der Waals surface area contributed by atoms with Crippen molar-refractivity contribution >= 4 is 26.7 Å². The Bertz CT molecular complexity index is 494. The van der Waals surface area contributed by atoms with E-state index in [4.69, 9.17) is 5.21 Å². The van der Waals surface area contributed by atoms with Crippen LogP contribution in [0.2, 0.25) is 0 Å². The zero-order valence-corrected chi connectivity index (χ0v) is 7.99. The first kappa shape index (κ1) is 10.2. The fourth-order valence-corrected chi connectivity index (χ4v) is 1.95. The fraction of sp³-hybridized carbons (Fsp3) is 0.125. The van der Waals surface area contributed by atoms with Gasteiger partial charge in [0.15, 0.2) is 0 Å². The average molecular weight is 234 g/mol. The summed E-state index contributed by atoms with van der Waals surface area (Å²) < 4.78 is 37.3. The summed E-state index contributed by atoms with van der Waals surface area (Å²) in [5.41, 5.74) is 1.50. The molecule has 2 rings (SSSR count). The lowest BCUT2D eigenvalue weighted by Crippen LogP contribution is -2.03. The number of hydrogen-bond acceptors (Lipinski definition) is 4. The lowest BCUT2D eigenvalue weighted by atomic mass is 10.2. The average Bonchev–Trinajstić information content (AvgIpc) is 2.57. The highest BCUT2D eigenvalue weighted by Gasteiger charge is 2.30. The number of fused-ring (bicyclic) bond motifs is 1. The molecule has 0 aliphatic carbocycles. The number of halogens is 3. The van der Waals surface area contributed by atoms with Crippen molar-refractivity contribution in [3.63, 3.8) is 0 Å². The molecule has 1 aromatic heterocycles. The first-order valence-corrected chi connectivity index (χ1v) is 4.70. The van der Waals surface area contributed by atoms with Gasteiger partial charge in [0.05, 0.1) is 15.8 Å². The van der Waals surface area contributed by atoms with Crippen LogP contribution >= 0.6 is 11.3 Å². The Morgan fingerprint density at radius 2 is 2.07 bits per heavy atom. The van der Waals surface area contributed by atoms with E-state index in [1.54, 1.807) is 5.48 Å². The summed E-state index contributed by atoms with van der Waals surface area (Å²) in [6, 6.07) is 3.24. The van der Waals surface area contributed by atoms with E-state index in [0.29, 0.717) is 10.2 Å². The van der Waals surface area contributed by atoms with Crippen molar-refractivity contribution in [2.24, 2.45) is 0 Å². The molecule has 1 aromatic carbocycles. The van der Waals surface area contributed by atoms with E-state index >= 15 is 0 Å². The fourth-order valence-electron chi connectivity index (χ4n) is 1.15. The molecule has 0 bridgehead atoms. The Labute approximate surface area is 86.1 Å². The molecule has 2 N–H and O–H groups in total. The monoisotopic (exact) mass is 234 g/mol. The molecule has 0 aliphatic heterocycles. The van der Waals surface area contributed by atoms with Gasteiger partial charge in [-0.05, 0) is 18.2 Å². The van der Waals surface area contributed by atoms with Gasteiger partial charge in [-0.25, -0.2) is 10.5 Å². The molecular weight excluding hydrogens is 229 g/mol. The van der Waals surface area contributed by atoms with Crippen LogP contribution in [0.5, 0.6) is 0 Å². The number of thiazole rings is 1. The van der Waals surface area contributed by atoms with E-state index in [0.717, 1.165) is 23.5 Å².